The highest BCUT2D eigenvalue weighted by Crippen LogP contribution is 2.42. The molecule has 1 aromatic carbocycles. The molecule has 0 unspecified atom stereocenters. The number of nitrogens with one attached hydrogen (secondary N) is 1. The number of benzene rings is 1. The zero-order valence-electron chi connectivity index (χ0n) is 18.3. The largest absolute Gasteiger partial charge is 0.386 e. The summed E-state index contributed by atoms with van der Waals surface area (Å²) in [5, 5.41) is 27.3. The van der Waals surface area contributed by atoms with Gasteiger partial charge in [0.2, 0.25) is 0 Å². The number of nitrogens with zero attached hydrogens (tertiary/aromatic N) is 4. The number of rotatable bonds is 5. The van der Waals surface area contributed by atoms with Crippen LogP contribution in [0.2, 0.25) is 0 Å². The number of aliphatic hydroxyl groups is 1. The minimum absolute atomic E-state index is 0.347. The van der Waals surface area contributed by atoms with Crippen LogP contribution in [-0.2, 0) is 5.41 Å². The molecule has 2 aromatic heterocycles. The molecule has 0 aliphatic heterocycles. The van der Waals surface area contributed by atoms with Gasteiger partial charge in [0.05, 0.1) is 57.8 Å². The zero-order valence-corrected chi connectivity index (χ0v) is 18.3. The summed E-state index contributed by atoms with van der Waals surface area (Å²) < 4.78 is 14.8. The molecule has 2 N–H and O–H groups in total. The Labute approximate surface area is 191 Å². The van der Waals surface area contributed by atoms with Crippen molar-refractivity contribution in [3.05, 3.63) is 84.2 Å². The fraction of sp³-hybridized carbons (Fsp3) is 0.280. The third-order valence-electron chi connectivity index (χ3n) is 6.40. The highest BCUT2D eigenvalue weighted by molar-refractivity contribution is 6.04. The van der Waals surface area contributed by atoms with Gasteiger partial charge < -0.3 is 10.4 Å². The van der Waals surface area contributed by atoms with E-state index in [1.807, 2.05) is 0 Å². The van der Waals surface area contributed by atoms with Crippen molar-refractivity contribution in [1.29, 1.82) is 5.26 Å². The highest BCUT2D eigenvalue weighted by Gasteiger charge is 2.42. The van der Waals surface area contributed by atoms with Gasteiger partial charge in [-0.15, -0.1) is 6.58 Å². The first-order chi connectivity index (χ1) is 15.8. The van der Waals surface area contributed by atoms with Crippen LogP contribution in [0.25, 0.3) is 5.69 Å². The van der Waals surface area contributed by atoms with Crippen molar-refractivity contribution in [2.45, 2.75) is 43.6 Å². The SMILES string of the molecule is C=C[C@]1(O)CC[C@](C#N)(c2ccc(NC(=O)c3cnn(-c4ccc(F)cc4)c3C)cn2)CC1. The smallest absolute Gasteiger partial charge is 0.259 e. The summed E-state index contributed by atoms with van der Waals surface area (Å²) in [6, 6.07) is 11.7. The quantitative estimate of drug-likeness (QED) is 0.572. The van der Waals surface area contributed by atoms with E-state index in [9.17, 15) is 19.6 Å². The summed E-state index contributed by atoms with van der Waals surface area (Å²) in [4.78, 5) is 17.3. The van der Waals surface area contributed by atoms with Crippen LogP contribution in [0.4, 0.5) is 10.1 Å². The van der Waals surface area contributed by atoms with Crippen molar-refractivity contribution in [3.63, 3.8) is 0 Å². The number of hydrogen-bond donors (Lipinski definition) is 2. The average Bonchev–Trinajstić information content (AvgIpc) is 3.22. The molecule has 1 aliphatic rings. The minimum Gasteiger partial charge on any atom is -0.386 e. The number of halogens is 1. The maximum atomic E-state index is 13.2. The van der Waals surface area contributed by atoms with Crippen LogP contribution in [0.1, 0.15) is 47.4 Å². The van der Waals surface area contributed by atoms with Gasteiger partial charge in [0.15, 0.2) is 0 Å². The third kappa shape index (κ3) is 4.28. The molecule has 4 rings (SSSR count). The van der Waals surface area contributed by atoms with E-state index in [4.69, 9.17) is 0 Å². The standard InChI is InChI=1S/C25H24FN5O2/c1-3-25(33)12-10-24(16-27,11-13-25)22-9-6-19(14-28-22)30-23(32)21-15-29-31(17(21)2)20-7-4-18(26)5-8-20/h3-9,14-15,33H,1,10-13H2,2H3,(H,30,32)/t24-,25-. The lowest BCUT2D eigenvalue weighted by molar-refractivity contribution is 0.0354. The van der Waals surface area contributed by atoms with Crippen LogP contribution in [0.5, 0.6) is 0 Å². The van der Waals surface area contributed by atoms with E-state index in [1.54, 1.807) is 41.9 Å². The number of nitriles is 1. The van der Waals surface area contributed by atoms with Crippen LogP contribution >= 0.6 is 0 Å². The summed E-state index contributed by atoms with van der Waals surface area (Å²) >= 11 is 0. The summed E-state index contributed by atoms with van der Waals surface area (Å²) in [6.45, 7) is 5.45. The molecule has 1 aliphatic carbocycles. The second-order valence-corrected chi connectivity index (χ2v) is 8.42. The lowest BCUT2D eigenvalue weighted by Crippen LogP contribution is -2.39. The molecule has 7 nitrogen and oxygen atoms in total. The number of carbonyl (C=O) groups excluding carboxylic acids is 1. The Kier molecular flexibility index (Phi) is 5.83. The van der Waals surface area contributed by atoms with Gasteiger partial charge in [0.1, 0.15) is 5.82 Å². The van der Waals surface area contributed by atoms with Gasteiger partial charge in [-0.25, -0.2) is 9.07 Å². The summed E-state index contributed by atoms with van der Waals surface area (Å²) in [5.41, 5.74) is 1.04. The number of carbonyl (C=O) groups is 1. The van der Waals surface area contributed by atoms with E-state index in [0.717, 1.165) is 0 Å². The Morgan fingerprint density at radius 2 is 1.91 bits per heavy atom. The predicted molar refractivity (Wildman–Crippen MR) is 121 cm³/mol. The third-order valence-corrected chi connectivity index (χ3v) is 6.40. The number of anilines is 1. The van der Waals surface area contributed by atoms with E-state index in [2.05, 4.69) is 28.0 Å². The molecule has 1 saturated carbocycles. The molecule has 8 heteroatoms. The Balaban J connectivity index is 1.49. The summed E-state index contributed by atoms with van der Waals surface area (Å²) in [7, 11) is 0. The van der Waals surface area contributed by atoms with Crippen LogP contribution in [0.15, 0.2) is 61.4 Å². The monoisotopic (exact) mass is 445 g/mol. The highest BCUT2D eigenvalue weighted by atomic mass is 19.1. The van der Waals surface area contributed by atoms with E-state index < -0.39 is 11.0 Å². The van der Waals surface area contributed by atoms with Crippen LogP contribution in [-0.4, -0.2) is 31.4 Å². The lowest BCUT2D eigenvalue weighted by Gasteiger charge is -2.38. The summed E-state index contributed by atoms with van der Waals surface area (Å²) in [5.74, 6) is -0.695. The number of hydrogen-bond acceptors (Lipinski definition) is 5. The second kappa shape index (κ2) is 8.60. The topological polar surface area (TPSA) is 104 Å². The van der Waals surface area contributed by atoms with Crippen molar-refractivity contribution >= 4 is 11.6 Å². The molecule has 1 amide bonds. The lowest BCUT2D eigenvalue weighted by atomic mass is 9.67. The Bertz CT molecular complexity index is 1220. The molecule has 168 valence electrons. The maximum absolute atomic E-state index is 13.2. The normalized spacial score (nSPS) is 22.4. The van der Waals surface area contributed by atoms with Crippen molar-refractivity contribution in [1.82, 2.24) is 14.8 Å². The number of pyridine rings is 1. The molecule has 33 heavy (non-hydrogen) atoms. The van der Waals surface area contributed by atoms with E-state index >= 15 is 0 Å². The first kappa shape index (κ1) is 22.4. The van der Waals surface area contributed by atoms with Gasteiger partial charge in [-0.1, -0.05) is 6.08 Å². The molecule has 3 aromatic rings. The number of aromatic nitrogens is 3. The predicted octanol–water partition coefficient (Wildman–Crippen LogP) is 4.22. The minimum atomic E-state index is -0.940. The van der Waals surface area contributed by atoms with Crippen molar-refractivity contribution in [2.75, 3.05) is 5.32 Å². The van der Waals surface area contributed by atoms with Crippen molar-refractivity contribution in [3.8, 4) is 11.8 Å². The Morgan fingerprint density at radius 1 is 1.21 bits per heavy atom. The maximum Gasteiger partial charge on any atom is 0.259 e. The van der Waals surface area contributed by atoms with Crippen molar-refractivity contribution < 1.29 is 14.3 Å². The molecule has 1 fully saturated rings. The van der Waals surface area contributed by atoms with Gasteiger partial charge in [0, 0.05) is 0 Å². The fourth-order valence-corrected chi connectivity index (χ4v) is 4.16. The van der Waals surface area contributed by atoms with E-state index in [0.29, 0.717) is 54.0 Å². The Hall–Kier alpha value is -3.83. The van der Waals surface area contributed by atoms with Gasteiger partial charge >= 0.3 is 0 Å². The van der Waals surface area contributed by atoms with Crippen LogP contribution in [0.3, 0.4) is 0 Å². The molecular weight excluding hydrogens is 421 g/mol. The summed E-state index contributed by atoms with van der Waals surface area (Å²) in [6.07, 6.45) is 6.38. The molecular formula is C25H24FN5O2. The first-order valence-corrected chi connectivity index (χ1v) is 10.6. The Morgan fingerprint density at radius 3 is 2.48 bits per heavy atom. The van der Waals surface area contributed by atoms with E-state index in [1.165, 1.54) is 24.5 Å². The molecule has 0 radical (unpaired) electrons. The van der Waals surface area contributed by atoms with Gasteiger partial charge in [-0.05, 0) is 69.0 Å². The van der Waals surface area contributed by atoms with Gasteiger partial charge in [-0.3, -0.25) is 9.78 Å². The molecule has 0 atom stereocenters. The molecule has 2 heterocycles. The molecule has 0 saturated heterocycles. The first-order valence-electron chi connectivity index (χ1n) is 10.6. The van der Waals surface area contributed by atoms with Gasteiger partial charge in [-0.2, -0.15) is 10.4 Å². The fourth-order valence-electron chi connectivity index (χ4n) is 4.16. The van der Waals surface area contributed by atoms with Crippen LogP contribution in [0, 0.1) is 24.1 Å². The zero-order chi connectivity index (χ0) is 23.6. The van der Waals surface area contributed by atoms with Crippen molar-refractivity contribution in [2.24, 2.45) is 0 Å². The van der Waals surface area contributed by atoms with E-state index in [-0.39, 0.29) is 11.7 Å². The molecule has 0 bridgehead atoms. The average molecular weight is 445 g/mol. The number of amides is 1. The second-order valence-electron chi connectivity index (χ2n) is 8.42. The van der Waals surface area contributed by atoms with Gasteiger partial charge in [0.25, 0.3) is 5.91 Å². The molecule has 0 spiro atoms. The van der Waals surface area contributed by atoms with Crippen LogP contribution < -0.4 is 5.32 Å².